The first-order chi connectivity index (χ1) is 7.54. The van der Waals surface area contributed by atoms with Crippen molar-refractivity contribution in [1.29, 1.82) is 0 Å². The number of carbonyl (C=O) groups is 1. The Labute approximate surface area is 104 Å². The molecule has 4 nitrogen and oxygen atoms in total. The summed E-state index contributed by atoms with van der Waals surface area (Å²) in [4.78, 5) is 14.1. The van der Waals surface area contributed by atoms with Crippen molar-refractivity contribution in [2.75, 3.05) is 13.1 Å². The van der Waals surface area contributed by atoms with E-state index < -0.39 is 6.04 Å². The molecule has 0 saturated carbocycles. The van der Waals surface area contributed by atoms with Crippen molar-refractivity contribution in [3.63, 3.8) is 0 Å². The molecule has 0 aliphatic carbocycles. The summed E-state index contributed by atoms with van der Waals surface area (Å²) in [5.41, 5.74) is 5.31. The zero-order valence-corrected chi connectivity index (χ0v) is 11.9. The Morgan fingerprint density at radius 1 is 1.18 bits per heavy atom. The van der Waals surface area contributed by atoms with E-state index in [-0.39, 0.29) is 23.0 Å². The molecular weight excluding hydrogens is 216 g/mol. The minimum atomic E-state index is -0.417. The SMILES string of the molecule is CC(C)[C@@H](N)C(=O)N1CC(C)(C)OC(C)(C)C1. The molecule has 1 heterocycles. The van der Waals surface area contributed by atoms with Crippen molar-refractivity contribution in [1.82, 2.24) is 4.90 Å². The topological polar surface area (TPSA) is 55.6 Å². The maximum Gasteiger partial charge on any atom is 0.239 e. The summed E-state index contributed by atoms with van der Waals surface area (Å²) >= 11 is 0. The molecule has 0 spiro atoms. The first-order valence-electron chi connectivity index (χ1n) is 6.29. The van der Waals surface area contributed by atoms with E-state index in [1.165, 1.54) is 0 Å². The fraction of sp³-hybridized carbons (Fsp3) is 0.923. The van der Waals surface area contributed by atoms with E-state index in [2.05, 4.69) is 0 Å². The number of nitrogens with zero attached hydrogens (tertiary/aromatic N) is 1. The monoisotopic (exact) mass is 242 g/mol. The van der Waals surface area contributed by atoms with Crippen molar-refractivity contribution in [2.24, 2.45) is 11.7 Å². The van der Waals surface area contributed by atoms with Gasteiger partial charge in [-0.3, -0.25) is 4.79 Å². The zero-order valence-electron chi connectivity index (χ0n) is 11.9. The van der Waals surface area contributed by atoms with Gasteiger partial charge in [0, 0.05) is 13.1 Å². The molecule has 0 radical (unpaired) electrons. The molecule has 1 fully saturated rings. The van der Waals surface area contributed by atoms with Gasteiger partial charge < -0.3 is 15.4 Å². The van der Waals surface area contributed by atoms with Gasteiger partial charge in [-0.25, -0.2) is 0 Å². The molecule has 0 bridgehead atoms. The van der Waals surface area contributed by atoms with E-state index in [0.29, 0.717) is 13.1 Å². The fourth-order valence-corrected chi connectivity index (χ4v) is 2.44. The van der Waals surface area contributed by atoms with Gasteiger partial charge in [0.05, 0.1) is 17.2 Å². The van der Waals surface area contributed by atoms with E-state index in [9.17, 15) is 4.79 Å². The molecule has 0 aromatic rings. The van der Waals surface area contributed by atoms with E-state index >= 15 is 0 Å². The van der Waals surface area contributed by atoms with E-state index in [4.69, 9.17) is 10.5 Å². The highest BCUT2D eigenvalue weighted by atomic mass is 16.5. The largest absolute Gasteiger partial charge is 0.366 e. The average molecular weight is 242 g/mol. The Morgan fingerprint density at radius 3 is 1.94 bits per heavy atom. The Bertz CT molecular complexity index is 282. The minimum absolute atomic E-state index is 0.0319. The molecule has 0 unspecified atom stereocenters. The smallest absolute Gasteiger partial charge is 0.239 e. The van der Waals surface area contributed by atoms with Gasteiger partial charge in [0.15, 0.2) is 0 Å². The second kappa shape index (κ2) is 4.58. The summed E-state index contributed by atoms with van der Waals surface area (Å²) in [6, 6.07) is -0.417. The number of hydrogen-bond acceptors (Lipinski definition) is 3. The van der Waals surface area contributed by atoms with Crippen molar-refractivity contribution in [2.45, 2.75) is 58.8 Å². The Hall–Kier alpha value is -0.610. The predicted molar refractivity (Wildman–Crippen MR) is 68.6 cm³/mol. The lowest BCUT2D eigenvalue weighted by Gasteiger charge is -2.47. The van der Waals surface area contributed by atoms with Gasteiger partial charge in [-0.1, -0.05) is 13.8 Å². The second-order valence-electron chi connectivity index (χ2n) is 6.59. The number of morpholine rings is 1. The molecule has 1 rings (SSSR count). The number of hydrogen-bond donors (Lipinski definition) is 1. The van der Waals surface area contributed by atoms with Crippen LogP contribution < -0.4 is 5.73 Å². The highest BCUT2D eigenvalue weighted by molar-refractivity contribution is 5.82. The third kappa shape index (κ3) is 3.68. The summed E-state index contributed by atoms with van der Waals surface area (Å²) in [7, 11) is 0. The van der Waals surface area contributed by atoms with Gasteiger partial charge in [0.2, 0.25) is 5.91 Å². The maximum absolute atomic E-state index is 12.3. The quantitative estimate of drug-likeness (QED) is 0.796. The molecule has 0 aromatic heterocycles. The number of carbonyl (C=O) groups excluding carboxylic acids is 1. The van der Waals surface area contributed by atoms with E-state index in [1.807, 2.05) is 46.4 Å². The Kier molecular flexibility index (Phi) is 3.89. The number of ether oxygens (including phenoxy) is 1. The van der Waals surface area contributed by atoms with Crippen LogP contribution in [0.15, 0.2) is 0 Å². The molecule has 1 aliphatic heterocycles. The summed E-state index contributed by atoms with van der Waals surface area (Å²) in [5, 5.41) is 0. The summed E-state index contributed by atoms with van der Waals surface area (Å²) in [5.74, 6) is 0.195. The van der Waals surface area contributed by atoms with Crippen LogP contribution >= 0.6 is 0 Å². The third-order valence-electron chi connectivity index (χ3n) is 3.01. The maximum atomic E-state index is 12.3. The first kappa shape index (κ1) is 14.5. The lowest BCUT2D eigenvalue weighted by molar-refractivity contribution is -0.189. The first-order valence-corrected chi connectivity index (χ1v) is 6.29. The van der Waals surface area contributed by atoms with Gasteiger partial charge in [-0.05, 0) is 33.6 Å². The molecule has 1 amide bonds. The highest BCUT2D eigenvalue weighted by Gasteiger charge is 2.41. The molecule has 0 aromatic carbocycles. The molecule has 1 saturated heterocycles. The van der Waals surface area contributed by atoms with Gasteiger partial charge in [0.1, 0.15) is 0 Å². The van der Waals surface area contributed by atoms with Crippen LogP contribution in [0.5, 0.6) is 0 Å². The second-order valence-corrected chi connectivity index (χ2v) is 6.59. The van der Waals surface area contributed by atoms with Crippen molar-refractivity contribution in [3.8, 4) is 0 Å². The lowest BCUT2D eigenvalue weighted by atomic mass is 9.96. The molecule has 100 valence electrons. The van der Waals surface area contributed by atoms with Crippen LogP contribution in [0.4, 0.5) is 0 Å². The summed E-state index contributed by atoms with van der Waals surface area (Å²) < 4.78 is 5.95. The average Bonchev–Trinajstić information content (AvgIpc) is 2.10. The molecule has 2 N–H and O–H groups in total. The fourth-order valence-electron chi connectivity index (χ4n) is 2.44. The Morgan fingerprint density at radius 2 is 1.59 bits per heavy atom. The number of amides is 1. The lowest BCUT2D eigenvalue weighted by Crippen LogP contribution is -2.61. The molecule has 1 aliphatic rings. The van der Waals surface area contributed by atoms with Crippen LogP contribution in [0.3, 0.4) is 0 Å². The van der Waals surface area contributed by atoms with Crippen LogP contribution in [-0.2, 0) is 9.53 Å². The van der Waals surface area contributed by atoms with Gasteiger partial charge in [-0.15, -0.1) is 0 Å². The zero-order chi connectivity index (χ0) is 13.4. The van der Waals surface area contributed by atoms with Gasteiger partial charge >= 0.3 is 0 Å². The van der Waals surface area contributed by atoms with Gasteiger partial charge in [-0.2, -0.15) is 0 Å². The van der Waals surface area contributed by atoms with Crippen molar-refractivity contribution < 1.29 is 9.53 Å². The van der Waals surface area contributed by atoms with Crippen molar-refractivity contribution >= 4 is 5.91 Å². The minimum Gasteiger partial charge on any atom is -0.366 e. The van der Waals surface area contributed by atoms with Crippen LogP contribution in [0, 0.1) is 5.92 Å². The third-order valence-corrected chi connectivity index (χ3v) is 3.01. The normalized spacial score (nSPS) is 24.8. The number of rotatable bonds is 2. The predicted octanol–water partition coefficient (Wildman–Crippen LogP) is 1.39. The highest BCUT2D eigenvalue weighted by Crippen LogP contribution is 2.28. The standard InChI is InChI=1S/C13H26N2O2/c1-9(2)10(14)11(16)15-7-12(3,4)17-13(5,6)8-15/h9-10H,7-8,14H2,1-6H3/t10-/m1/s1. The molecule has 17 heavy (non-hydrogen) atoms. The van der Waals surface area contributed by atoms with Crippen molar-refractivity contribution in [3.05, 3.63) is 0 Å². The number of nitrogens with two attached hydrogens (primary N) is 1. The molecular formula is C13H26N2O2. The van der Waals surface area contributed by atoms with Crippen LogP contribution in [0.1, 0.15) is 41.5 Å². The van der Waals surface area contributed by atoms with Crippen LogP contribution in [0.2, 0.25) is 0 Å². The van der Waals surface area contributed by atoms with Gasteiger partial charge in [0.25, 0.3) is 0 Å². The molecule has 1 atom stereocenters. The summed E-state index contributed by atoms with van der Waals surface area (Å²) in [6.07, 6.45) is 0. The summed E-state index contributed by atoms with van der Waals surface area (Å²) in [6.45, 7) is 13.2. The van der Waals surface area contributed by atoms with E-state index in [0.717, 1.165) is 0 Å². The van der Waals surface area contributed by atoms with Crippen LogP contribution in [-0.4, -0.2) is 41.1 Å². The Balaban J connectivity index is 2.81. The molecule has 4 heteroatoms. The van der Waals surface area contributed by atoms with E-state index in [1.54, 1.807) is 0 Å². The van der Waals surface area contributed by atoms with Crippen LogP contribution in [0.25, 0.3) is 0 Å².